The van der Waals surface area contributed by atoms with E-state index in [9.17, 15) is 0 Å². The molecule has 3 aromatic rings. The predicted molar refractivity (Wildman–Crippen MR) is 84.6 cm³/mol. The van der Waals surface area contributed by atoms with E-state index >= 15 is 0 Å². The van der Waals surface area contributed by atoms with Crippen molar-refractivity contribution in [2.24, 2.45) is 5.10 Å². The quantitative estimate of drug-likeness (QED) is 0.559. The topological polar surface area (TPSA) is 53.1 Å². The Kier molecular flexibility index (Phi) is 3.80. The van der Waals surface area contributed by atoms with E-state index in [1.165, 1.54) is 11.3 Å². The summed E-state index contributed by atoms with van der Waals surface area (Å²) >= 11 is 7.41. The van der Waals surface area contributed by atoms with Crippen LogP contribution in [0.15, 0.2) is 53.9 Å². The minimum Gasteiger partial charge on any atom is -0.360 e. The number of hydrogen-bond donors (Lipinski definition) is 2. The second kappa shape index (κ2) is 5.90. The van der Waals surface area contributed by atoms with E-state index in [2.05, 4.69) is 20.5 Å². The van der Waals surface area contributed by atoms with Crippen molar-refractivity contribution in [2.45, 2.75) is 0 Å². The maximum absolute atomic E-state index is 5.88. The summed E-state index contributed by atoms with van der Waals surface area (Å²) in [5.41, 5.74) is 4.94. The molecule has 4 nitrogen and oxygen atoms in total. The minimum absolute atomic E-state index is 0.729. The average Bonchev–Trinajstić information content (AvgIpc) is 3.11. The van der Waals surface area contributed by atoms with Gasteiger partial charge in [0, 0.05) is 17.4 Å². The third kappa shape index (κ3) is 3.07. The Morgan fingerprint density at radius 3 is 2.85 bits per heavy atom. The second-order valence-electron chi connectivity index (χ2n) is 4.03. The summed E-state index contributed by atoms with van der Waals surface area (Å²) in [6.07, 6.45) is 5.38. The van der Waals surface area contributed by atoms with E-state index in [4.69, 9.17) is 11.6 Å². The van der Waals surface area contributed by atoms with E-state index in [0.29, 0.717) is 0 Å². The Morgan fingerprint density at radius 1 is 1.25 bits per heavy atom. The number of nitrogens with one attached hydrogen (secondary N) is 2. The molecule has 0 amide bonds. The number of anilines is 1. The number of aromatic nitrogens is 2. The Balaban J connectivity index is 1.69. The molecule has 0 bridgehead atoms. The number of nitrogens with zero attached hydrogens (tertiary/aromatic N) is 2. The van der Waals surface area contributed by atoms with Gasteiger partial charge in [0.05, 0.1) is 16.8 Å². The van der Waals surface area contributed by atoms with Crippen molar-refractivity contribution in [3.63, 3.8) is 0 Å². The molecule has 0 fully saturated rings. The lowest BCUT2D eigenvalue weighted by Crippen LogP contribution is -1.89. The fraction of sp³-hybridized carbons (Fsp3) is 0. The first-order valence-electron chi connectivity index (χ1n) is 5.95. The largest absolute Gasteiger partial charge is 0.360 e. The monoisotopic (exact) mass is 302 g/mol. The Labute approximate surface area is 125 Å². The van der Waals surface area contributed by atoms with Crippen LogP contribution >= 0.6 is 22.9 Å². The molecule has 0 aliphatic rings. The number of halogens is 1. The maximum atomic E-state index is 5.88. The van der Waals surface area contributed by atoms with E-state index in [1.807, 2.05) is 48.8 Å². The van der Waals surface area contributed by atoms with Gasteiger partial charge in [0.1, 0.15) is 0 Å². The molecule has 0 saturated carbocycles. The number of aromatic amines is 1. The Morgan fingerprint density at radius 2 is 2.10 bits per heavy atom. The van der Waals surface area contributed by atoms with E-state index in [-0.39, 0.29) is 0 Å². The van der Waals surface area contributed by atoms with Crippen LogP contribution < -0.4 is 5.43 Å². The Hall–Kier alpha value is -2.11. The van der Waals surface area contributed by atoms with Gasteiger partial charge in [-0.3, -0.25) is 5.43 Å². The number of hydrogen-bond acceptors (Lipinski definition) is 4. The van der Waals surface area contributed by atoms with Crippen LogP contribution in [-0.2, 0) is 0 Å². The van der Waals surface area contributed by atoms with Crippen molar-refractivity contribution in [3.8, 4) is 10.4 Å². The molecule has 3 rings (SSSR count). The molecule has 100 valence electrons. The van der Waals surface area contributed by atoms with Crippen LogP contribution in [0.2, 0.25) is 5.02 Å². The lowest BCUT2D eigenvalue weighted by molar-refractivity contribution is 1.28. The highest BCUT2D eigenvalue weighted by atomic mass is 35.5. The molecule has 0 spiro atoms. The molecule has 2 heterocycles. The highest BCUT2D eigenvalue weighted by Crippen LogP contribution is 2.29. The molecule has 0 atom stereocenters. The molecule has 0 radical (unpaired) electrons. The maximum Gasteiger partial charge on any atom is 0.203 e. The van der Waals surface area contributed by atoms with Gasteiger partial charge < -0.3 is 4.98 Å². The van der Waals surface area contributed by atoms with Crippen LogP contribution in [-0.4, -0.2) is 16.2 Å². The summed E-state index contributed by atoms with van der Waals surface area (Å²) in [5, 5.41) is 5.60. The van der Waals surface area contributed by atoms with Crippen LogP contribution in [0, 0.1) is 0 Å². The molecular weight excluding hydrogens is 292 g/mol. The summed E-state index contributed by atoms with van der Waals surface area (Å²) in [4.78, 5) is 8.39. The first-order chi connectivity index (χ1) is 9.81. The molecule has 6 heteroatoms. The van der Waals surface area contributed by atoms with Crippen LogP contribution in [0.25, 0.3) is 10.4 Å². The van der Waals surface area contributed by atoms with Gasteiger partial charge in [-0.05, 0) is 29.8 Å². The highest BCUT2D eigenvalue weighted by Gasteiger charge is 2.03. The number of H-pyrrole nitrogens is 1. The van der Waals surface area contributed by atoms with Crippen molar-refractivity contribution in [2.75, 3.05) is 5.43 Å². The van der Waals surface area contributed by atoms with E-state index in [1.54, 1.807) is 6.21 Å². The summed E-state index contributed by atoms with van der Waals surface area (Å²) in [7, 11) is 0. The van der Waals surface area contributed by atoms with Gasteiger partial charge in [0.25, 0.3) is 0 Å². The van der Waals surface area contributed by atoms with Gasteiger partial charge in [-0.1, -0.05) is 35.1 Å². The predicted octanol–water partition coefficient (Wildman–Crippen LogP) is 4.24. The number of thiazole rings is 1. The third-order valence-electron chi connectivity index (χ3n) is 2.62. The normalized spacial score (nSPS) is 11.1. The van der Waals surface area contributed by atoms with Crippen LogP contribution in [0.4, 0.5) is 5.13 Å². The first kappa shape index (κ1) is 12.9. The molecule has 20 heavy (non-hydrogen) atoms. The zero-order valence-corrected chi connectivity index (χ0v) is 11.9. The van der Waals surface area contributed by atoms with Crippen molar-refractivity contribution >= 4 is 34.3 Å². The number of benzene rings is 1. The summed E-state index contributed by atoms with van der Waals surface area (Å²) in [6.45, 7) is 0. The molecule has 2 aromatic heterocycles. The fourth-order valence-corrected chi connectivity index (χ4v) is 2.55. The third-order valence-corrected chi connectivity index (χ3v) is 3.82. The van der Waals surface area contributed by atoms with Crippen molar-refractivity contribution in [1.82, 2.24) is 9.97 Å². The fourth-order valence-electron chi connectivity index (χ4n) is 1.65. The molecule has 0 aliphatic heterocycles. The zero-order valence-electron chi connectivity index (χ0n) is 10.4. The molecular formula is C14H11ClN4S. The molecule has 0 saturated heterocycles. The van der Waals surface area contributed by atoms with Crippen LogP contribution in [0.1, 0.15) is 5.69 Å². The lowest BCUT2D eigenvalue weighted by Gasteiger charge is -1.95. The average molecular weight is 303 g/mol. The van der Waals surface area contributed by atoms with Gasteiger partial charge in [-0.25, -0.2) is 4.98 Å². The number of hydrazone groups is 1. The van der Waals surface area contributed by atoms with Crippen LogP contribution in [0.3, 0.4) is 0 Å². The lowest BCUT2D eigenvalue weighted by atomic mass is 10.2. The van der Waals surface area contributed by atoms with Gasteiger partial charge >= 0.3 is 0 Å². The smallest absolute Gasteiger partial charge is 0.203 e. The molecule has 1 aromatic carbocycles. The Bertz CT molecular complexity index is 701. The molecule has 0 aliphatic carbocycles. The molecule has 0 unspecified atom stereocenters. The molecule has 2 N–H and O–H groups in total. The summed E-state index contributed by atoms with van der Waals surface area (Å²) < 4.78 is 0. The first-order valence-corrected chi connectivity index (χ1v) is 7.15. The van der Waals surface area contributed by atoms with Crippen molar-refractivity contribution < 1.29 is 0 Å². The van der Waals surface area contributed by atoms with E-state index in [0.717, 1.165) is 26.3 Å². The van der Waals surface area contributed by atoms with Gasteiger partial charge in [0.15, 0.2) is 0 Å². The van der Waals surface area contributed by atoms with Crippen molar-refractivity contribution in [3.05, 3.63) is 59.5 Å². The van der Waals surface area contributed by atoms with Crippen LogP contribution in [0.5, 0.6) is 0 Å². The summed E-state index contributed by atoms with van der Waals surface area (Å²) in [6, 6.07) is 11.5. The van der Waals surface area contributed by atoms with Crippen molar-refractivity contribution in [1.29, 1.82) is 0 Å². The minimum atomic E-state index is 0.729. The standard InChI is InChI=1S/C14H11ClN4S/c15-11-5-3-10(4-6-11)13-9-17-14(20-13)19-18-8-12-2-1-7-16-12/h1-9,16H,(H,17,19)/b18-8+. The van der Waals surface area contributed by atoms with Gasteiger partial charge in [-0.2, -0.15) is 5.10 Å². The van der Waals surface area contributed by atoms with Gasteiger partial charge in [-0.15, -0.1) is 0 Å². The SMILES string of the molecule is Clc1ccc(-c2cnc(N/N=C/c3ccc[nH]3)s2)cc1. The van der Waals surface area contributed by atoms with Gasteiger partial charge in [0.2, 0.25) is 5.13 Å². The number of rotatable bonds is 4. The van der Waals surface area contributed by atoms with E-state index < -0.39 is 0 Å². The zero-order chi connectivity index (χ0) is 13.8. The summed E-state index contributed by atoms with van der Waals surface area (Å²) in [5.74, 6) is 0. The highest BCUT2D eigenvalue weighted by molar-refractivity contribution is 7.18. The second-order valence-corrected chi connectivity index (χ2v) is 5.50.